The smallest absolute Gasteiger partial charge is 0.251 e. The van der Waals surface area contributed by atoms with Crippen LogP contribution in [-0.4, -0.2) is 69.3 Å². The Kier molecular flexibility index (Phi) is 6.53. The molecule has 1 aliphatic rings. The Bertz CT molecular complexity index is 1040. The van der Waals surface area contributed by atoms with Crippen LogP contribution >= 0.6 is 11.3 Å². The molecule has 7 nitrogen and oxygen atoms in total. The van der Waals surface area contributed by atoms with Gasteiger partial charge in [-0.1, -0.05) is 17.4 Å². The third-order valence-corrected chi connectivity index (χ3v) is 6.41. The van der Waals surface area contributed by atoms with Crippen molar-refractivity contribution >= 4 is 32.6 Å². The largest absolute Gasteiger partial charge is 0.497 e. The summed E-state index contributed by atoms with van der Waals surface area (Å²) in [5.41, 5.74) is 0.950. The molecule has 1 fully saturated rings. The first-order valence-electron chi connectivity index (χ1n) is 10.1. The molecule has 0 atom stereocenters. The first-order valence-corrected chi connectivity index (χ1v) is 10.9. The van der Waals surface area contributed by atoms with E-state index in [2.05, 4.69) is 20.1 Å². The van der Waals surface area contributed by atoms with Crippen LogP contribution in [0.1, 0.15) is 10.4 Å². The SMILES string of the molecule is COc1cc(OC)cc(C(=O)NCCN2CCN(c3nc4c(F)cccc4s3)CC2)c1. The number of carbonyl (C=O) groups is 1. The number of amides is 1. The first kappa shape index (κ1) is 21.3. The number of benzene rings is 2. The summed E-state index contributed by atoms with van der Waals surface area (Å²) in [6, 6.07) is 10.2. The molecule has 0 aliphatic carbocycles. The highest BCUT2D eigenvalue weighted by atomic mass is 32.1. The molecule has 164 valence electrons. The van der Waals surface area contributed by atoms with E-state index in [0.717, 1.165) is 42.6 Å². The molecule has 0 unspecified atom stereocenters. The van der Waals surface area contributed by atoms with Crippen LogP contribution in [0.25, 0.3) is 10.2 Å². The molecular formula is C22H25FN4O3S. The molecule has 1 aromatic heterocycles. The lowest BCUT2D eigenvalue weighted by atomic mass is 10.2. The van der Waals surface area contributed by atoms with Crippen molar-refractivity contribution in [3.8, 4) is 11.5 Å². The van der Waals surface area contributed by atoms with Crippen molar-refractivity contribution in [2.75, 3.05) is 58.4 Å². The Balaban J connectivity index is 1.27. The number of halogens is 1. The molecule has 1 N–H and O–H groups in total. The minimum absolute atomic E-state index is 0.160. The molecule has 3 aromatic rings. The topological polar surface area (TPSA) is 66.9 Å². The summed E-state index contributed by atoms with van der Waals surface area (Å²) in [5, 5.41) is 3.82. The number of para-hydroxylation sites is 1. The molecule has 2 aromatic carbocycles. The average Bonchev–Trinajstić information content (AvgIpc) is 3.25. The number of carbonyl (C=O) groups excluding carboxylic acids is 1. The van der Waals surface area contributed by atoms with Gasteiger partial charge in [0.2, 0.25) is 0 Å². The number of hydrogen-bond donors (Lipinski definition) is 1. The number of anilines is 1. The molecule has 9 heteroatoms. The summed E-state index contributed by atoms with van der Waals surface area (Å²) >= 11 is 1.52. The van der Waals surface area contributed by atoms with Crippen LogP contribution in [0.2, 0.25) is 0 Å². The van der Waals surface area contributed by atoms with Gasteiger partial charge in [0, 0.05) is 50.9 Å². The zero-order chi connectivity index (χ0) is 21.8. The number of piperazine rings is 1. The fourth-order valence-corrected chi connectivity index (χ4v) is 4.60. The van der Waals surface area contributed by atoms with Gasteiger partial charge >= 0.3 is 0 Å². The van der Waals surface area contributed by atoms with E-state index < -0.39 is 0 Å². The van der Waals surface area contributed by atoms with Crippen LogP contribution in [0.5, 0.6) is 11.5 Å². The van der Waals surface area contributed by atoms with Crippen LogP contribution in [0, 0.1) is 5.82 Å². The van der Waals surface area contributed by atoms with Crippen molar-refractivity contribution in [2.45, 2.75) is 0 Å². The monoisotopic (exact) mass is 444 g/mol. The summed E-state index contributed by atoms with van der Waals surface area (Å²) in [5.74, 6) is 0.723. The molecular weight excluding hydrogens is 419 g/mol. The predicted molar refractivity (Wildman–Crippen MR) is 120 cm³/mol. The van der Waals surface area contributed by atoms with E-state index in [1.54, 1.807) is 38.5 Å². The van der Waals surface area contributed by atoms with Gasteiger partial charge in [-0.3, -0.25) is 9.69 Å². The fourth-order valence-electron chi connectivity index (χ4n) is 3.57. The predicted octanol–water partition coefficient (Wildman–Crippen LogP) is 3.00. The zero-order valence-corrected chi connectivity index (χ0v) is 18.4. The molecule has 31 heavy (non-hydrogen) atoms. The lowest BCUT2D eigenvalue weighted by Gasteiger charge is -2.34. The van der Waals surface area contributed by atoms with E-state index in [9.17, 15) is 9.18 Å². The Labute approximate surface area is 184 Å². The third-order valence-electron chi connectivity index (χ3n) is 5.33. The van der Waals surface area contributed by atoms with E-state index in [0.29, 0.717) is 29.1 Å². The second-order valence-electron chi connectivity index (χ2n) is 7.27. The maximum Gasteiger partial charge on any atom is 0.251 e. The van der Waals surface area contributed by atoms with Crippen molar-refractivity contribution in [3.63, 3.8) is 0 Å². The van der Waals surface area contributed by atoms with Crippen molar-refractivity contribution in [1.82, 2.24) is 15.2 Å². The van der Waals surface area contributed by atoms with Crippen LogP contribution in [0.3, 0.4) is 0 Å². The molecule has 4 rings (SSSR count). The van der Waals surface area contributed by atoms with Crippen molar-refractivity contribution < 1.29 is 18.7 Å². The van der Waals surface area contributed by atoms with Gasteiger partial charge in [0.1, 0.15) is 22.8 Å². The van der Waals surface area contributed by atoms with E-state index in [1.165, 1.54) is 17.4 Å². The molecule has 0 radical (unpaired) electrons. The van der Waals surface area contributed by atoms with Crippen molar-refractivity contribution in [3.05, 3.63) is 47.8 Å². The van der Waals surface area contributed by atoms with E-state index in [-0.39, 0.29) is 11.7 Å². The molecule has 1 saturated heterocycles. The second kappa shape index (κ2) is 9.49. The van der Waals surface area contributed by atoms with Gasteiger partial charge in [0.25, 0.3) is 5.91 Å². The Morgan fingerprint density at radius 1 is 1.13 bits per heavy atom. The summed E-state index contributed by atoms with van der Waals surface area (Å²) in [7, 11) is 3.11. The van der Waals surface area contributed by atoms with Gasteiger partial charge in [-0.15, -0.1) is 0 Å². The van der Waals surface area contributed by atoms with Crippen LogP contribution in [0.15, 0.2) is 36.4 Å². The molecule has 2 heterocycles. The van der Waals surface area contributed by atoms with Crippen LogP contribution < -0.4 is 19.7 Å². The van der Waals surface area contributed by atoms with Crippen LogP contribution in [0.4, 0.5) is 9.52 Å². The number of hydrogen-bond acceptors (Lipinski definition) is 7. The number of rotatable bonds is 7. The normalized spacial score (nSPS) is 14.6. The Morgan fingerprint density at radius 3 is 2.48 bits per heavy atom. The highest BCUT2D eigenvalue weighted by Gasteiger charge is 2.20. The first-order chi connectivity index (χ1) is 15.1. The maximum atomic E-state index is 13.9. The summed E-state index contributed by atoms with van der Waals surface area (Å²) < 4.78 is 25.2. The number of nitrogens with zero attached hydrogens (tertiary/aromatic N) is 3. The number of fused-ring (bicyclic) bond motifs is 1. The molecule has 1 amide bonds. The molecule has 1 aliphatic heterocycles. The minimum atomic E-state index is -0.275. The third kappa shape index (κ3) is 4.88. The summed E-state index contributed by atoms with van der Waals surface area (Å²) in [4.78, 5) is 21.5. The number of ether oxygens (including phenoxy) is 2. The molecule has 0 spiro atoms. The van der Waals surface area contributed by atoms with E-state index >= 15 is 0 Å². The fraction of sp³-hybridized carbons (Fsp3) is 0.364. The maximum absolute atomic E-state index is 13.9. The van der Waals surface area contributed by atoms with Crippen molar-refractivity contribution in [2.24, 2.45) is 0 Å². The van der Waals surface area contributed by atoms with Gasteiger partial charge in [0.05, 0.1) is 18.9 Å². The van der Waals surface area contributed by atoms with Gasteiger partial charge < -0.3 is 19.7 Å². The summed E-state index contributed by atoms with van der Waals surface area (Å²) in [6.45, 7) is 4.67. The molecule has 0 bridgehead atoms. The molecule has 0 saturated carbocycles. The average molecular weight is 445 g/mol. The van der Waals surface area contributed by atoms with Gasteiger partial charge in [-0.05, 0) is 24.3 Å². The number of aromatic nitrogens is 1. The highest BCUT2D eigenvalue weighted by Crippen LogP contribution is 2.30. The number of thiazole rings is 1. The minimum Gasteiger partial charge on any atom is -0.497 e. The van der Waals surface area contributed by atoms with Gasteiger partial charge in [-0.25, -0.2) is 9.37 Å². The van der Waals surface area contributed by atoms with Gasteiger partial charge in [0.15, 0.2) is 5.13 Å². The van der Waals surface area contributed by atoms with Crippen LogP contribution in [-0.2, 0) is 0 Å². The standard InChI is InChI=1S/C22H25FN4O3S/c1-29-16-12-15(13-17(14-16)30-2)21(28)24-6-7-26-8-10-27(11-9-26)22-25-20-18(23)4-3-5-19(20)31-22/h3-5,12-14H,6-11H2,1-2H3,(H,24,28). The zero-order valence-electron chi connectivity index (χ0n) is 17.6. The number of methoxy groups -OCH3 is 2. The lowest BCUT2D eigenvalue weighted by Crippen LogP contribution is -2.48. The Morgan fingerprint density at radius 2 is 1.84 bits per heavy atom. The Hall–Kier alpha value is -2.91. The van der Waals surface area contributed by atoms with E-state index in [1.807, 2.05) is 6.07 Å². The van der Waals surface area contributed by atoms with Crippen molar-refractivity contribution in [1.29, 1.82) is 0 Å². The second-order valence-corrected chi connectivity index (χ2v) is 8.28. The highest BCUT2D eigenvalue weighted by molar-refractivity contribution is 7.22. The number of nitrogens with one attached hydrogen (secondary N) is 1. The lowest BCUT2D eigenvalue weighted by molar-refractivity contribution is 0.0947. The summed E-state index contributed by atoms with van der Waals surface area (Å²) in [6.07, 6.45) is 0. The quantitative estimate of drug-likeness (QED) is 0.604. The van der Waals surface area contributed by atoms with Gasteiger partial charge in [-0.2, -0.15) is 0 Å². The van der Waals surface area contributed by atoms with E-state index in [4.69, 9.17) is 9.47 Å².